The number of phenolic OH excluding ortho intramolecular Hbond substituents is 1. The van der Waals surface area contributed by atoms with Gasteiger partial charge in [0.25, 0.3) is 0 Å². The fraction of sp³-hybridized carbons (Fsp3) is 0.292. The fourth-order valence-corrected chi connectivity index (χ4v) is 2.84. The molecular formula is C24H26BrN3O5. The van der Waals surface area contributed by atoms with Gasteiger partial charge in [0.1, 0.15) is 11.7 Å². The molecule has 0 bridgehead atoms. The van der Waals surface area contributed by atoms with E-state index in [9.17, 15) is 19.5 Å². The molecule has 3 amide bonds. The van der Waals surface area contributed by atoms with Crippen LogP contribution in [0.25, 0.3) is 0 Å². The van der Waals surface area contributed by atoms with Crippen LogP contribution in [-0.4, -0.2) is 69.1 Å². The number of nitrogens with zero attached hydrogens (tertiary/aromatic N) is 1. The number of terminal acetylenes is 1. The van der Waals surface area contributed by atoms with E-state index in [4.69, 9.17) is 11.2 Å². The van der Waals surface area contributed by atoms with Crippen molar-refractivity contribution in [3.63, 3.8) is 0 Å². The first kappa shape index (κ1) is 27.7. The Kier molecular flexibility index (Phi) is 12.3. The predicted octanol–water partition coefficient (Wildman–Crippen LogP) is 1.84. The van der Waals surface area contributed by atoms with Crippen molar-refractivity contribution in [2.75, 3.05) is 40.9 Å². The Bertz CT molecular complexity index is 1030. The van der Waals surface area contributed by atoms with Crippen molar-refractivity contribution in [1.82, 2.24) is 15.5 Å². The van der Waals surface area contributed by atoms with Crippen LogP contribution in [0.3, 0.4) is 0 Å². The summed E-state index contributed by atoms with van der Waals surface area (Å²) >= 11 is 3.27. The Morgan fingerprint density at radius 1 is 1.39 bits per heavy atom. The van der Waals surface area contributed by atoms with E-state index in [0.717, 1.165) is 10.0 Å². The Morgan fingerprint density at radius 3 is 2.70 bits per heavy atom. The maximum absolute atomic E-state index is 11.4. The minimum Gasteiger partial charge on any atom is -0.507 e. The second-order valence-electron chi connectivity index (χ2n) is 6.98. The van der Waals surface area contributed by atoms with Crippen molar-refractivity contribution >= 4 is 34.2 Å². The van der Waals surface area contributed by atoms with E-state index < -0.39 is 17.9 Å². The number of aromatic hydroxyl groups is 1. The highest BCUT2D eigenvalue weighted by atomic mass is 79.9. The number of rotatable bonds is 6. The van der Waals surface area contributed by atoms with Gasteiger partial charge in [-0.1, -0.05) is 45.8 Å². The van der Waals surface area contributed by atoms with E-state index in [1.54, 1.807) is 19.2 Å². The van der Waals surface area contributed by atoms with Crippen molar-refractivity contribution in [1.29, 1.82) is 0 Å². The van der Waals surface area contributed by atoms with Crippen molar-refractivity contribution in [3.05, 3.63) is 51.5 Å². The molecule has 2 rings (SSSR count). The summed E-state index contributed by atoms with van der Waals surface area (Å²) in [4.78, 5) is 34.9. The number of nitrogens with one attached hydrogen (secondary N) is 2. The Labute approximate surface area is 202 Å². The van der Waals surface area contributed by atoms with E-state index in [1.807, 2.05) is 31.1 Å². The molecule has 1 aromatic carbocycles. The summed E-state index contributed by atoms with van der Waals surface area (Å²) in [7, 11) is 5.45. The number of halogens is 1. The number of allylic oxidation sites excluding steroid dienone is 1. The van der Waals surface area contributed by atoms with Crippen LogP contribution in [0.5, 0.6) is 5.75 Å². The lowest BCUT2D eigenvalue weighted by Gasteiger charge is -2.17. The second kappa shape index (κ2) is 14.6. The fourth-order valence-electron chi connectivity index (χ4n) is 2.48. The number of phenols is 1. The zero-order valence-corrected chi connectivity index (χ0v) is 20.2. The first-order valence-electron chi connectivity index (χ1n) is 9.75. The number of likely N-dealkylation sites (N-methyl/N-ethyl adjacent to an activating group) is 1. The Hall–Kier alpha value is -3.37. The second-order valence-corrected chi connectivity index (χ2v) is 7.89. The molecule has 1 atom stereocenters. The zero-order valence-electron chi connectivity index (χ0n) is 18.6. The first-order valence-corrected chi connectivity index (χ1v) is 10.5. The lowest BCUT2D eigenvalue weighted by atomic mass is 10.1. The molecule has 0 radical (unpaired) electrons. The third kappa shape index (κ3) is 10.2. The molecule has 174 valence electrons. The van der Waals surface area contributed by atoms with Gasteiger partial charge in [0.15, 0.2) is 6.29 Å². The lowest BCUT2D eigenvalue weighted by Crippen LogP contribution is -2.51. The Morgan fingerprint density at radius 2 is 2.12 bits per heavy atom. The molecule has 0 aliphatic carbocycles. The first-order chi connectivity index (χ1) is 15.7. The quantitative estimate of drug-likeness (QED) is 0.231. The van der Waals surface area contributed by atoms with Gasteiger partial charge in [0.2, 0.25) is 5.91 Å². The molecule has 9 heteroatoms. The van der Waals surface area contributed by atoms with Crippen molar-refractivity contribution in [2.45, 2.75) is 0 Å². The SMILES string of the molecule is C#C/C(C=O)=C(\C=C/COC)CN(C)C.O=C1NCC(C#Cc2cc(Br)ccc2O)C(=O)N1. The average molecular weight is 516 g/mol. The van der Waals surface area contributed by atoms with Gasteiger partial charge >= 0.3 is 6.03 Å². The normalized spacial score (nSPS) is 15.8. The van der Waals surface area contributed by atoms with Gasteiger partial charge in [0, 0.05) is 24.7 Å². The van der Waals surface area contributed by atoms with Gasteiger partial charge < -0.3 is 20.1 Å². The molecule has 3 N–H and O–H groups in total. The minimum atomic E-state index is -0.610. The van der Waals surface area contributed by atoms with E-state index in [2.05, 4.69) is 44.3 Å². The summed E-state index contributed by atoms with van der Waals surface area (Å²) in [5.41, 5.74) is 1.64. The van der Waals surface area contributed by atoms with Crippen molar-refractivity contribution < 1.29 is 24.2 Å². The molecule has 1 heterocycles. The maximum atomic E-state index is 11.4. The largest absolute Gasteiger partial charge is 0.507 e. The number of amides is 3. The molecule has 1 aliphatic heterocycles. The third-order valence-electron chi connectivity index (χ3n) is 4.05. The van der Waals surface area contributed by atoms with Crippen molar-refractivity contribution in [2.24, 2.45) is 5.92 Å². The smallest absolute Gasteiger partial charge is 0.321 e. The number of aldehydes is 1. The van der Waals surface area contributed by atoms with Gasteiger partial charge in [-0.15, -0.1) is 6.42 Å². The summed E-state index contributed by atoms with van der Waals surface area (Å²) in [5.74, 6) is 6.83. The zero-order chi connectivity index (χ0) is 24.8. The summed E-state index contributed by atoms with van der Waals surface area (Å²) in [6, 6.07) is 4.34. The van der Waals surface area contributed by atoms with Crippen LogP contribution in [-0.2, 0) is 14.3 Å². The average Bonchev–Trinajstić information content (AvgIpc) is 2.76. The maximum Gasteiger partial charge on any atom is 0.321 e. The summed E-state index contributed by atoms with van der Waals surface area (Å²) in [5, 5.41) is 14.2. The minimum absolute atomic E-state index is 0.0472. The molecule has 0 saturated carbocycles. The number of ether oxygens (including phenoxy) is 1. The lowest BCUT2D eigenvalue weighted by molar-refractivity contribution is -0.122. The van der Waals surface area contributed by atoms with Gasteiger partial charge in [0.05, 0.1) is 17.7 Å². The number of carbonyl (C=O) groups excluding carboxylic acids is 3. The summed E-state index contributed by atoms with van der Waals surface area (Å²) in [6.07, 6.45) is 9.61. The highest BCUT2D eigenvalue weighted by molar-refractivity contribution is 9.10. The number of hydrogen-bond acceptors (Lipinski definition) is 6. The number of hydrogen-bond donors (Lipinski definition) is 3. The van der Waals surface area contributed by atoms with Gasteiger partial charge in [-0.25, -0.2) is 4.79 Å². The van der Waals surface area contributed by atoms with E-state index >= 15 is 0 Å². The summed E-state index contributed by atoms with van der Waals surface area (Å²) < 4.78 is 5.66. The number of carbonyl (C=O) groups is 3. The molecule has 33 heavy (non-hydrogen) atoms. The summed E-state index contributed by atoms with van der Waals surface area (Å²) in [6.45, 7) is 1.32. The van der Waals surface area contributed by atoms with Gasteiger partial charge in [-0.3, -0.25) is 14.9 Å². The third-order valence-corrected chi connectivity index (χ3v) is 4.54. The van der Waals surface area contributed by atoms with Crippen LogP contribution in [0.15, 0.2) is 46.0 Å². The molecule has 1 unspecified atom stereocenters. The van der Waals surface area contributed by atoms with E-state index in [0.29, 0.717) is 30.6 Å². The molecular weight excluding hydrogens is 490 g/mol. The number of benzene rings is 1. The molecule has 1 fully saturated rings. The topological polar surface area (TPSA) is 108 Å². The highest BCUT2D eigenvalue weighted by Gasteiger charge is 2.24. The Balaban J connectivity index is 0.000000337. The molecule has 1 aliphatic rings. The van der Waals surface area contributed by atoms with Crippen LogP contribution in [0.2, 0.25) is 0 Å². The van der Waals surface area contributed by atoms with Crippen LogP contribution in [0.4, 0.5) is 4.79 Å². The van der Waals surface area contributed by atoms with Crippen LogP contribution >= 0.6 is 15.9 Å². The van der Waals surface area contributed by atoms with E-state index in [1.165, 1.54) is 6.07 Å². The molecule has 1 saturated heterocycles. The van der Waals surface area contributed by atoms with Crippen LogP contribution in [0.1, 0.15) is 5.56 Å². The van der Waals surface area contributed by atoms with E-state index in [-0.39, 0.29) is 12.3 Å². The van der Waals surface area contributed by atoms with Gasteiger partial charge in [-0.05, 0) is 37.9 Å². The molecule has 8 nitrogen and oxygen atoms in total. The molecule has 1 aromatic rings. The standard InChI is InChI=1S/C12H9BrN2O3.C12H17NO2/c13-9-3-4-10(16)7(5-9)1-2-8-6-14-12(18)15-11(8)17;1-5-11(10-14)12(9-13(2)3)7-6-8-15-4/h3-5,8,16H,6H2,(H2,14,15,17,18);1,6-7,10H,8-9H2,2-4H3/b;7-6-,12-11-. The highest BCUT2D eigenvalue weighted by Crippen LogP contribution is 2.20. The number of urea groups is 1. The molecule has 0 spiro atoms. The number of methoxy groups -OCH3 is 1. The van der Waals surface area contributed by atoms with Crippen molar-refractivity contribution in [3.8, 4) is 29.9 Å². The van der Waals surface area contributed by atoms with Gasteiger partial charge in [-0.2, -0.15) is 0 Å². The number of imide groups is 1. The predicted molar refractivity (Wildman–Crippen MR) is 129 cm³/mol. The molecule has 0 aromatic heterocycles. The van der Waals surface area contributed by atoms with Crippen LogP contribution in [0, 0.1) is 30.1 Å². The van der Waals surface area contributed by atoms with Crippen LogP contribution < -0.4 is 10.6 Å². The monoisotopic (exact) mass is 515 g/mol.